The molecule has 2 aromatic rings. The van der Waals surface area contributed by atoms with Gasteiger partial charge in [-0.2, -0.15) is 0 Å². The Morgan fingerprint density at radius 3 is 2.04 bits per heavy atom. The van der Waals surface area contributed by atoms with Gasteiger partial charge in [0.25, 0.3) is 0 Å². The molecular weight excluding hydrogens is 360 g/mol. The number of alkyl carbamates (subject to hydrolysis) is 1. The van der Waals surface area contributed by atoms with Crippen LogP contribution in [0.3, 0.4) is 0 Å². The standard InChI is InChI=1S/C21H26N2O5/c1-21(2,3)28-20(25)23-18(19(24)26-4)13-14-5-9-16(10-6-14)27-17-11-7-15(22)8-12-17/h5-12,18H,13,22H2,1-4H3,(H,23,25). The second-order valence-corrected chi connectivity index (χ2v) is 7.24. The van der Waals surface area contributed by atoms with Crippen molar-refractivity contribution in [1.29, 1.82) is 0 Å². The molecule has 1 atom stereocenters. The molecule has 0 spiro atoms. The summed E-state index contributed by atoms with van der Waals surface area (Å²) in [7, 11) is 1.27. The summed E-state index contributed by atoms with van der Waals surface area (Å²) in [5.41, 5.74) is 6.49. The third-order valence-corrected chi connectivity index (χ3v) is 3.66. The Morgan fingerprint density at radius 1 is 1.00 bits per heavy atom. The quantitative estimate of drug-likeness (QED) is 0.580. The predicted molar refractivity (Wildman–Crippen MR) is 106 cm³/mol. The number of hydrogen-bond acceptors (Lipinski definition) is 6. The van der Waals surface area contributed by atoms with Crippen molar-refractivity contribution in [2.24, 2.45) is 0 Å². The van der Waals surface area contributed by atoms with Crippen LogP contribution in [0.5, 0.6) is 11.5 Å². The molecule has 2 aromatic carbocycles. The fourth-order valence-electron chi connectivity index (χ4n) is 2.39. The van der Waals surface area contributed by atoms with Crippen LogP contribution in [0.25, 0.3) is 0 Å². The number of hydrogen-bond donors (Lipinski definition) is 2. The van der Waals surface area contributed by atoms with Crippen LogP contribution in [0, 0.1) is 0 Å². The lowest BCUT2D eigenvalue weighted by molar-refractivity contribution is -0.143. The van der Waals surface area contributed by atoms with Gasteiger partial charge in [0.2, 0.25) is 0 Å². The molecule has 1 unspecified atom stereocenters. The monoisotopic (exact) mass is 386 g/mol. The molecule has 3 N–H and O–H groups in total. The Morgan fingerprint density at radius 2 is 1.54 bits per heavy atom. The zero-order valence-corrected chi connectivity index (χ0v) is 16.5. The van der Waals surface area contributed by atoms with E-state index in [1.807, 2.05) is 12.1 Å². The molecular formula is C21H26N2O5. The van der Waals surface area contributed by atoms with Gasteiger partial charge in [-0.1, -0.05) is 12.1 Å². The minimum absolute atomic E-state index is 0.258. The molecule has 0 heterocycles. The number of amides is 1. The van der Waals surface area contributed by atoms with E-state index in [-0.39, 0.29) is 6.42 Å². The Bertz CT molecular complexity index is 795. The van der Waals surface area contributed by atoms with Crippen molar-refractivity contribution in [2.45, 2.75) is 38.8 Å². The molecule has 28 heavy (non-hydrogen) atoms. The molecule has 0 bridgehead atoms. The van der Waals surface area contributed by atoms with Crippen molar-refractivity contribution in [1.82, 2.24) is 5.32 Å². The summed E-state index contributed by atoms with van der Waals surface area (Å²) in [6.07, 6.45) is -0.417. The van der Waals surface area contributed by atoms with E-state index in [0.29, 0.717) is 17.2 Å². The summed E-state index contributed by atoms with van der Waals surface area (Å²) in [4.78, 5) is 24.0. The van der Waals surface area contributed by atoms with Gasteiger partial charge in [0.05, 0.1) is 7.11 Å². The van der Waals surface area contributed by atoms with Crippen LogP contribution in [-0.2, 0) is 20.7 Å². The summed E-state index contributed by atoms with van der Waals surface area (Å²) >= 11 is 0. The first-order valence-corrected chi connectivity index (χ1v) is 8.86. The van der Waals surface area contributed by atoms with Crippen LogP contribution in [-0.4, -0.2) is 30.8 Å². The first-order valence-electron chi connectivity index (χ1n) is 8.86. The molecule has 150 valence electrons. The van der Waals surface area contributed by atoms with Crippen LogP contribution < -0.4 is 15.8 Å². The maximum atomic E-state index is 12.0. The Kier molecular flexibility index (Phi) is 6.87. The first-order chi connectivity index (χ1) is 13.2. The summed E-state index contributed by atoms with van der Waals surface area (Å²) in [5, 5.41) is 2.55. The molecule has 0 radical (unpaired) electrons. The van der Waals surface area contributed by atoms with Crippen molar-refractivity contribution in [3.05, 3.63) is 54.1 Å². The van der Waals surface area contributed by atoms with Crippen molar-refractivity contribution >= 4 is 17.7 Å². The molecule has 7 nitrogen and oxygen atoms in total. The second-order valence-electron chi connectivity index (χ2n) is 7.24. The van der Waals surface area contributed by atoms with E-state index in [9.17, 15) is 9.59 Å². The van der Waals surface area contributed by atoms with Crippen molar-refractivity contribution in [3.8, 4) is 11.5 Å². The highest BCUT2D eigenvalue weighted by Crippen LogP contribution is 2.23. The summed E-state index contributed by atoms with van der Waals surface area (Å²) in [5.74, 6) is 0.761. The van der Waals surface area contributed by atoms with E-state index in [0.717, 1.165) is 5.56 Å². The van der Waals surface area contributed by atoms with Crippen molar-refractivity contribution in [3.63, 3.8) is 0 Å². The number of nitrogen functional groups attached to an aromatic ring is 1. The minimum atomic E-state index is -0.858. The number of benzene rings is 2. The van der Waals surface area contributed by atoms with Gasteiger partial charge in [-0.25, -0.2) is 9.59 Å². The van der Waals surface area contributed by atoms with Gasteiger partial charge >= 0.3 is 12.1 Å². The molecule has 0 saturated carbocycles. The normalized spacial score (nSPS) is 12.0. The van der Waals surface area contributed by atoms with Gasteiger partial charge < -0.3 is 25.3 Å². The van der Waals surface area contributed by atoms with Gasteiger partial charge in [0.15, 0.2) is 0 Å². The Balaban J connectivity index is 2.02. The lowest BCUT2D eigenvalue weighted by atomic mass is 10.1. The fraction of sp³-hybridized carbons (Fsp3) is 0.333. The van der Waals surface area contributed by atoms with Crippen LogP contribution in [0.2, 0.25) is 0 Å². The maximum absolute atomic E-state index is 12.0. The molecule has 0 fully saturated rings. The average Bonchev–Trinajstić information content (AvgIpc) is 2.62. The summed E-state index contributed by atoms with van der Waals surface area (Å²) in [6.45, 7) is 5.25. The average molecular weight is 386 g/mol. The van der Waals surface area contributed by atoms with Crippen LogP contribution in [0.1, 0.15) is 26.3 Å². The smallest absolute Gasteiger partial charge is 0.408 e. The number of nitrogens with two attached hydrogens (primary N) is 1. The topological polar surface area (TPSA) is 99.9 Å². The zero-order chi connectivity index (χ0) is 20.7. The Hall–Kier alpha value is -3.22. The Labute approximate surface area is 164 Å². The van der Waals surface area contributed by atoms with Crippen LogP contribution in [0.4, 0.5) is 10.5 Å². The number of rotatable bonds is 6. The van der Waals surface area contributed by atoms with Crippen LogP contribution >= 0.6 is 0 Å². The maximum Gasteiger partial charge on any atom is 0.408 e. The number of carbonyl (C=O) groups is 2. The van der Waals surface area contributed by atoms with E-state index < -0.39 is 23.7 Å². The number of carbonyl (C=O) groups excluding carboxylic acids is 2. The summed E-state index contributed by atoms with van der Waals surface area (Å²) in [6, 6.07) is 13.4. The number of methoxy groups -OCH3 is 1. The highest BCUT2D eigenvalue weighted by atomic mass is 16.6. The highest BCUT2D eigenvalue weighted by Gasteiger charge is 2.25. The molecule has 2 rings (SSSR count). The minimum Gasteiger partial charge on any atom is -0.467 e. The molecule has 0 aliphatic heterocycles. The van der Waals surface area contributed by atoms with E-state index in [1.165, 1.54) is 7.11 Å². The second kappa shape index (κ2) is 9.12. The van der Waals surface area contributed by atoms with E-state index in [1.54, 1.807) is 57.2 Å². The molecule has 0 aromatic heterocycles. The third-order valence-electron chi connectivity index (χ3n) is 3.66. The van der Waals surface area contributed by atoms with E-state index in [2.05, 4.69) is 5.32 Å². The van der Waals surface area contributed by atoms with Crippen LogP contribution in [0.15, 0.2) is 48.5 Å². The zero-order valence-electron chi connectivity index (χ0n) is 16.5. The lowest BCUT2D eigenvalue weighted by Crippen LogP contribution is -2.45. The van der Waals surface area contributed by atoms with Gasteiger partial charge in [0, 0.05) is 12.1 Å². The fourth-order valence-corrected chi connectivity index (χ4v) is 2.39. The summed E-state index contributed by atoms with van der Waals surface area (Å²) < 4.78 is 15.7. The molecule has 0 saturated heterocycles. The molecule has 1 amide bonds. The van der Waals surface area contributed by atoms with Gasteiger partial charge in [-0.05, 0) is 62.7 Å². The van der Waals surface area contributed by atoms with Gasteiger partial charge in [0.1, 0.15) is 23.1 Å². The first kappa shape index (κ1) is 21.1. The van der Waals surface area contributed by atoms with E-state index in [4.69, 9.17) is 19.9 Å². The third kappa shape index (κ3) is 6.83. The molecule has 0 aliphatic carbocycles. The number of nitrogens with one attached hydrogen (secondary N) is 1. The molecule has 0 aliphatic rings. The largest absolute Gasteiger partial charge is 0.467 e. The lowest BCUT2D eigenvalue weighted by Gasteiger charge is -2.22. The highest BCUT2D eigenvalue weighted by molar-refractivity contribution is 5.81. The predicted octanol–water partition coefficient (Wildman–Crippen LogP) is 3.67. The van der Waals surface area contributed by atoms with Crippen molar-refractivity contribution < 1.29 is 23.8 Å². The van der Waals surface area contributed by atoms with Gasteiger partial charge in [-0.15, -0.1) is 0 Å². The van der Waals surface area contributed by atoms with Gasteiger partial charge in [-0.3, -0.25) is 0 Å². The number of ether oxygens (including phenoxy) is 3. The number of anilines is 1. The SMILES string of the molecule is COC(=O)C(Cc1ccc(Oc2ccc(N)cc2)cc1)NC(=O)OC(C)(C)C. The van der Waals surface area contributed by atoms with E-state index >= 15 is 0 Å². The van der Waals surface area contributed by atoms with Crippen molar-refractivity contribution in [2.75, 3.05) is 12.8 Å². The molecule has 7 heteroatoms. The number of esters is 1.